The third kappa shape index (κ3) is 3.49. The van der Waals surface area contributed by atoms with E-state index < -0.39 is 0 Å². The number of pyridine rings is 1. The summed E-state index contributed by atoms with van der Waals surface area (Å²) >= 11 is 0. The summed E-state index contributed by atoms with van der Waals surface area (Å²) in [5.74, 6) is 0.0164. The average molecular weight is 341 g/mol. The first-order valence-electron chi connectivity index (χ1n) is 8.63. The second kappa shape index (κ2) is 7.23. The maximum atomic E-state index is 12.7. The highest BCUT2D eigenvalue weighted by Crippen LogP contribution is 2.28. The highest BCUT2D eigenvalue weighted by atomic mass is 16.1. The molecule has 0 bridgehead atoms. The number of fused-ring (bicyclic) bond motifs is 1. The summed E-state index contributed by atoms with van der Waals surface area (Å²) in [4.78, 5) is 12.7. The normalized spacial score (nSPS) is 11.0. The van der Waals surface area contributed by atoms with Gasteiger partial charge in [0, 0.05) is 30.4 Å². The number of carbonyl (C=O) groups excluding carboxylic acids is 1. The van der Waals surface area contributed by atoms with E-state index in [-0.39, 0.29) is 11.8 Å². The fourth-order valence-electron chi connectivity index (χ4n) is 3.20. The maximum Gasteiger partial charge on any atom is 0.225 e. The highest BCUT2D eigenvalue weighted by Gasteiger charge is 2.18. The van der Waals surface area contributed by atoms with Crippen LogP contribution in [0.25, 0.3) is 5.52 Å². The lowest BCUT2D eigenvalue weighted by Crippen LogP contribution is -2.16. The zero-order valence-electron chi connectivity index (χ0n) is 14.2. The van der Waals surface area contributed by atoms with E-state index in [0.29, 0.717) is 6.42 Å². The Morgan fingerprint density at radius 2 is 1.58 bits per heavy atom. The fourth-order valence-corrected chi connectivity index (χ4v) is 3.20. The second-order valence-corrected chi connectivity index (χ2v) is 6.24. The summed E-state index contributed by atoms with van der Waals surface area (Å²) in [6.07, 6.45) is 3.97. The van der Waals surface area contributed by atoms with Crippen LogP contribution in [0.2, 0.25) is 0 Å². The van der Waals surface area contributed by atoms with Gasteiger partial charge in [0.05, 0.1) is 5.52 Å². The van der Waals surface area contributed by atoms with E-state index in [0.717, 1.165) is 22.3 Å². The molecule has 0 atom stereocenters. The molecule has 0 aliphatic carbocycles. The van der Waals surface area contributed by atoms with Crippen LogP contribution in [0.5, 0.6) is 0 Å². The first kappa shape index (κ1) is 16.1. The largest absolute Gasteiger partial charge is 0.326 e. The van der Waals surface area contributed by atoms with Crippen molar-refractivity contribution in [2.24, 2.45) is 0 Å². The van der Waals surface area contributed by atoms with E-state index in [4.69, 9.17) is 0 Å². The van der Waals surface area contributed by atoms with Gasteiger partial charge < -0.3 is 5.32 Å². The van der Waals surface area contributed by atoms with Crippen LogP contribution < -0.4 is 5.32 Å². The van der Waals surface area contributed by atoms with Gasteiger partial charge in [-0.2, -0.15) is 5.10 Å². The minimum atomic E-state index is -0.00780. The first-order valence-corrected chi connectivity index (χ1v) is 8.63. The van der Waals surface area contributed by atoms with Crippen molar-refractivity contribution in [1.29, 1.82) is 0 Å². The summed E-state index contributed by atoms with van der Waals surface area (Å²) in [5, 5.41) is 7.18. The minimum Gasteiger partial charge on any atom is -0.326 e. The molecule has 26 heavy (non-hydrogen) atoms. The lowest BCUT2D eigenvalue weighted by atomic mass is 9.88. The second-order valence-electron chi connectivity index (χ2n) is 6.24. The number of amides is 1. The predicted molar refractivity (Wildman–Crippen MR) is 103 cm³/mol. The van der Waals surface area contributed by atoms with Gasteiger partial charge in [0.2, 0.25) is 5.91 Å². The molecule has 0 unspecified atom stereocenters. The number of carbonyl (C=O) groups is 1. The molecule has 2 aromatic carbocycles. The lowest BCUT2D eigenvalue weighted by molar-refractivity contribution is -0.116. The Hall–Kier alpha value is -3.40. The standard InChI is InChI=1S/C22H19N3O/c26-22(24-19-12-14-25-20(15-19)11-13-23-25)16-21(17-7-3-1-4-8-17)18-9-5-2-6-10-18/h1-15,21H,16H2,(H,24,26). The Bertz CT molecular complexity index is 970. The van der Waals surface area contributed by atoms with Gasteiger partial charge in [-0.05, 0) is 29.3 Å². The quantitative estimate of drug-likeness (QED) is 0.581. The van der Waals surface area contributed by atoms with Gasteiger partial charge in [-0.15, -0.1) is 0 Å². The molecule has 4 nitrogen and oxygen atoms in total. The van der Waals surface area contributed by atoms with Crippen molar-refractivity contribution in [1.82, 2.24) is 9.61 Å². The SMILES string of the molecule is O=C(CC(c1ccccc1)c1ccccc1)Nc1ccn2nccc2c1. The topological polar surface area (TPSA) is 46.4 Å². The van der Waals surface area contributed by atoms with Crippen LogP contribution in [0.15, 0.2) is 91.3 Å². The zero-order chi connectivity index (χ0) is 17.8. The monoisotopic (exact) mass is 341 g/mol. The fraction of sp³-hybridized carbons (Fsp3) is 0.0909. The Balaban J connectivity index is 1.56. The van der Waals surface area contributed by atoms with E-state index >= 15 is 0 Å². The van der Waals surface area contributed by atoms with Crippen LogP contribution in [0.1, 0.15) is 23.5 Å². The molecule has 0 aliphatic heterocycles. The van der Waals surface area contributed by atoms with Gasteiger partial charge in [0.1, 0.15) is 0 Å². The van der Waals surface area contributed by atoms with Crippen LogP contribution in [-0.2, 0) is 4.79 Å². The Morgan fingerprint density at radius 3 is 2.23 bits per heavy atom. The molecule has 128 valence electrons. The van der Waals surface area contributed by atoms with Crippen molar-refractivity contribution in [3.05, 3.63) is 102 Å². The molecule has 2 aromatic heterocycles. The van der Waals surface area contributed by atoms with Gasteiger partial charge in [0.15, 0.2) is 0 Å². The summed E-state index contributed by atoms with van der Waals surface area (Å²) in [6, 6.07) is 26.0. The Kier molecular flexibility index (Phi) is 4.48. The molecular formula is C22H19N3O. The summed E-state index contributed by atoms with van der Waals surface area (Å²) < 4.78 is 1.77. The van der Waals surface area contributed by atoms with E-state index in [2.05, 4.69) is 34.7 Å². The van der Waals surface area contributed by atoms with Crippen molar-refractivity contribution >= 4 is 17.1 Å². The van der Waals surface area contributed by atoms with Crippen LogP contribution in [0, 0.1) is 0 Å². The van der Waals surface area contributed by atoms with Crippen molar-refractivity contribution < 1.29 is 4.79 Å². The van der Waals surface area contributed by atoms with E-state index in [9.17, 15) is 4.79 Å². The number of aromatic nitrogens is 2. The van der Waals surface area contributed by atoms with Crippen molar-refractivity contribution in [2.45, 2.75) is 12.3 Å². The Labute approximate surface area is 152 Å². The van der Waals surface area contributed by atoms with Crippen molar-refractivity contribution in [2.75, 3.05) is 5.32 Å². The van der Waals surface area contributed by atoms with Gasteiger partial charge in [0.25, 0.3) is 0 Å². The van der Waals surface area contributed by atoms with Crippen LogP contribution in [-0.4, -0.2) is 15.5 Å². The molecule has 4 heteroatoms. The number of hydrogen-bond donors (Lipinski definition) is 1. The molecule has 4 aromatic rings. The molecular weight excluding hydrogens is 322 g/mol. The minimum absolute atomic E-state index is 0.00780. The molecule has 2 heterocycles. The number of nitrogens with zero attached hydrogens (tertiary/aromatic N) is 2. The molecule has 0 radical (unpaired) electrons. The van der Waals surface area contributed by atoms with Crippen LogP contribution in [0.3, 0.4) is 0 Å². The van der Waals surface area contributed by atoms with E-state index in [1.807, 2.05) is 60.8 Å². The molecule has 0 saturated carbocycles. The molecule has 0 aliphatic rings. The molecule has 0 saturated heterocycles. The number of nitrogens with one attached hydrogen (secondary N) is 1. The number of rotatable bonds is 5. The smallest absolute Gasteiger partial charge is 0.225 e. The van der Waals surface area contributed by atoms with Crippen LogP contribution >= 0.6 is 0 Å². The maximum absolute atomic E-state index is 12.7. The average Bonchev–Trinajstić information content (AvgIpc) is 3.15. The van der Waals surface area contributed by atoms with E-state index in [1.165, 1.54) is 0 Å². The third-order valence-corrected chi connectivity index (χ3v) is 4.48. The molecule has 0 spiro atoms. The predicted octanol–water partition coefficient (Wildman–Crippen LogP) is 4.50. The highest BCUT2D eigenvalue weighted by molar-refractivity contribution is 5.92. The molecule has 1 amide bonds. The third-order valence-electron chi connectivity index (χ3n) is 4.48. The van der Waals surface area contributed by atoms with E-state index in [1.54, 1.807) is 10.7 Å². The molecule has 1 N–H and O–H groups in total. The van der Waals surface area contributed by atoms with Crippen molar-refractivity contribution in [3.63, 3.8) is 0 Å². The van der Waals surface area contributed by atoms with Gasteiger partial charge in [-0.1, -0.05) is 60.7 Å². The van der Waals surface area contributed by atoms with Crippen LogP contribution in [0.4, 0.5) is 5.69 Å². The first-order chi connectivity index (χ1) is 12.8. The lowest BCUT2D eigenvalue weighted by Gasteiger charge is -2.18. The zero-order valence-corrected chi connectivity index (χ0v) is 14.2. The summed E-state index contributed by atoms with van der Waals surface area (Å²) in [7, 11) is 0. The molecule has 4 rings (SSSR count). The number of benzene rings is 2. The Morgan fingerprint density at radius 1 is 0.923 bits per heavy atom. The molecule has 0 fully saturated rings. The summed E-state index contributed by atoms with van der Waals surface area (Å²) in [6.45, 7) is 0. The van der Waals surface area contributed by atoms with Gasteiger partial charge in [-0.25, -0.2) is 4.52 Å². The number of anilines is 1. The van der Waals surface area contributed by atoms with Gasteiger partial charge >= 0.3 is 0 Å². The van der Waals surface area contributed by atoms with Gasteiger partial charge in [-0.3, -0.25) is 4.79 Å². The summed E-state index contributed by atoms with van der Waals surface area (Å²) in [5.41, 5.74) is 4.01. The number of hydrogen-bond acceptors (Lipinski definition) is 2. The van der Waals surface area contributed by atoms with Crippen molar-refractivity contribution in [3.8, 4) is 0 Å².